The number of sulfone groups is 1. The van der Waals surface area contributed by atoms with E-state index in [0.717, 1.165) is 16.9 Å². The number of carbonyl (C=O) groups excluding carboxylic acids is 4. The fourth-order valence-corrected chi connectivity index (χ4v) is 11.2. The number of hydrogen-bond acceptors (Lipinski definition) is 11. The number of alkyl carbamates (subject to hydrolysis) is 1. The van der Waals surface area contributed by atoms with Crippen LogP contribution in [0, 0.1) is 5.92 Å². The number of aromatic nitrogens is 1. The van der Waals surface area contributed by atoms with Crippen molar-refractivity contribution in [3.63, 3.8) is 0 Å². The largest absolute Gasteiger partial charge is 0.497 e. The molecule has 3 heterocycles. The number of primary amides is 1. The van der Waals surface area contributed by atoms with Crippen molar-refractivity contribution in [1.29, 1.82) is 0 Å². The van der Waals surface area contributed by atoms with E-state index in [4.69, 9.17) is 24.9 Å². The molecule has 14 nitrogen and oxygen atoms in total. The van der Waals surface area contributed by atoms with Gasteiger partial charge < -0.3 is 35.5 Å². The molecule has 1 aromatic heterocycles. The fraction of sp³-hybridized carbons (Fsp3) is 0.488. The molecule has 4 aliphatic rings. The quantitative estimate of drug-likeness (QED) is 0.214. The first-order valence-corrected chi connectivity index (χ1v) is 21.9. The standard InChI is InChI=1S/C41H49N5O9S2/c1-39(2,3)55-38(50)44-33-24-56-18-10-6-9-13-26-21-41(26,57(51,52)29-15-16-29)45-37(49)40(36(42)48)22-28(23-46(40)35(33)47)54-34-20-31(25-11-7-5-8-12-25)43-32-19-27(53-4)14-17-30(32)34/h5,7-9,11-14,17,19-20,26,28-29,33H,6,10,15-16,18,21-24H2,1-4H3,(H2,42,48)(H,44,50)(H,45,49)/b13-9-/t26-,28-,33-,40+,41-/m1/s1. The molecule has 57 heavy (non-hydrogen) atoms. The van der Waals surface area contributed by atoms with E-state index in [0.29, 0.717) is 53.1 Å². The van der Waals surface area contributed by atoms with Crippen LogP contribution in [0.2, 0.25) is 0 Å². The predicted molar refractivity (Wildman–Crippen MR) is 216 cm³/mol. The number of hydrogen-bond donors (Lipinski definition) is 3. The van der Waals surface area contributed by atoms with E-state index in [9.17, 15) is 27.6 Å². The minimum Gasteiger partial charge on any atom is -0.497 e. The maximum atomic E-state index is 14.9. The Morgan fingerprint density at radius 1 is 1.07 bits per heavy atom. The summed E-state index contributed by atoms with van der Waals surface area (Å²) in [5, 5.41) is 5.45. The number of methoxy groups -OCH3 is 1. The van der Waals surface area contributed by atoms with Gasteiger partial charge in [0.25, 0.3) is 11.8 Å². The second-order valence-electron chi connectivity index (χ2n) is 16.1. The van der Waals surface area contributed by atoms with Crippen LogP contribution in [-0.4, -0.2) is 101 Å². The van der Waals surface area contributed by atoms with Gasteiger partial charge in [-0.05, 0) is 70.8 Å². The fourth-order valence-electron chi connectivity index (χ4n) is 7.70. The van der Waals surface area contributed by atoms with Gasteiger partial charge in [0.15, 0.2) is 9.84 Å². The molecular weight excluding hydrogens is 771 g/mol. The Morgan fingerprint density at radius 2 is 1.82 bits per heavy atom. The van der Waals surface area contributed by atoms with Crippen LogP contribution in [0.25, 0.3) is 22.2 Å². The minimum absolute atomic E-state index is 0.0974. The van der Waals surface area contributed by atoms with Gasteiger partial charge in [0.05, 0.1) is 30.1 Å². The highest BCUT2D eigenvalue weighted by Gasteiger charge is 2.69. The first-order valence-electron chi connectivity index (χ1n) is 19.2. The van der Waals surface area contributed by atoms with Gasteiger partial charge in [-0.3, -0.25) is 14.4 Å². The van der Waals surface area contributed by atoms with E-state index in [1.807, 2.05) is 42.5 Å². The van der Waals surface area contributed by atoms with E-state index in [2.05, 4.69) is 10.6 Å². The number of rotatable bonds is 8. The number of benzene rings is 2. The third kappa shape index (κ3) is 8.02. The Bertz CT molecular complexity index is 2210. The molecule has 3 fully saturated rings. The first kappa shape index (κ1) is 40.4. The molecule has 0 bridgehead atoms. The summed E-state index contributed by atoms with van der Waals surface area (Å²) in [6.07, 6.45) is 3.94. The summed E-state index contributed by atoms with van der Waals surface area (Å²) in [5.74, 6) is -1.81. The molecule has 1 saturated heterocycles. The van der Waals surface area contributed by atoms with Crippen LogP contribution in [0.15, 0.2) is 66.7 Å². The lowest BCUT2D eigenvalue weighted by atomic mass is 9.92. The number of carbonyl (C=O) groups is 4. The van der Waals surface area contributed by atoms with E-state index in [-0.39, 0.29) is 18.7 Å². The van der Waals surface area contributed by atoms with Crippen LogP contribution in [0.1, 0.15) is 59.3 Å². The third-order valence-electron chi connectivity index (χ3n) is 10.8. The van der Waals surface area contributed by atoms with Gasteiger partial charge in [-0.15, -0.1) is 0 Å². The molecule has 2 aromatic carbocycles. The molecule has 0 spiro atoms. The monoisotopic (exact) mass is 819 g/mol. The Kier molecular flexibility index (Phi) is 11.0. The molecule has 304 valence electrons. The number of nitrogens with two attached hydrogens (primary N) is 1. The molecular formula is C41H49N5O9S2. The average Bonchev–Trinajstić information content (AvgIpc) is 4.10. The number of ether oxygens (including phenoxy) is 3. The molecule has 5 atom stereocenters. The highest BCUT2D eigenvalue weighted by atomic mass is 32.2. The van der Waals surface area contributed by atoms with Crippen molar-refractivity contribution in [3.8, 4) is 22.8 Å². The van der Waals surface area contributed by atoms with Gasteiger partial charge in [0.1, 0.15) is 34.1 Å². The van der Waals surface area contributed by atoms with Gasteiger partial charge in [0, 0.05) is 41.2 Å². The summed E-state index contributed by atoms with van der Waals surface area (Å²) >= 11 is 1.42. The van der Waals surface area contributed by atoms with Gasteiger partial charge in [-0.25, -0.2) is 18.2 Å². The van der Waals surface area contributed by atoms with Crippen LogP contribution >= 0.6 is 11.8 Å². The smallest absolute Gasteiger partial charge is 0.408 e. The zero-order valence-corrected chi connectivity index (χ0v) is 34.1. The molecule has 0 unspecified atom stereocenters. The van der Waals surface area contributed by atoms with Crippen molar-refractivity contribution >= 4 is 56.3 Å². The van der Waals surface area contributed by atoms with Gasteiger partial charge in [-0.1, -0.05) is 42.5 Å². The molecule has 4 N–H and O–H groups in total. The Hall–Kier alpha value is -4.83. The number of thioether (sulfide) groups is 1. The number of nitrogens with zero attached hydrogens (tertiary/aromatic N) is 2. The lowest BCUT2D eigenvalue weighted by Crippen LogP contribution is -2.68. The van der Waals surface area contributed by atoms with E-state index in [1.165, 1.54) is 11.8 Å². The summed E-state index contributed by atoms with van der Waals surface area (Å²) in [7, 11) is -2.34. The Labute approximate surface area is 336 Å². The van der Waals surface area contributed by atoms with Crippen molar-refractivity contribution in [1.82, 2.24) is 20.5 Å². The number of nitrogens with one attached hydrogen (secondary N) is 2. The van der Waals surface area contributed by atoms with Gasteiger partial charge in [-0.2, -0.15) is 11.8 Å². The summed E-state index contributed by atoms with van der Waals surface area (Å²) < 4.78 is 45.8. The summed E-state index contributed by atoms with van der Waals surface area (Å²) in [5.41, 5.74) is 4.86. The zero-order chi connectivity index (χ0) is 40.8. The zero-order valence-electron chi connectivity index (χ0n) is 32.5. The first-order chi connectivity index (χ1) is 27.1. The number of allylic oxidation sites excluding steroid dienone is 1. The van der Waals surface area contributed by atoms with Gasteiger partial charge >= 0.3 is 6.09 Å². The predicted octanol–water partition coefficient (Wildman–Crippen LogP) is 4.50. The van der Waals surface area contributed by atoms with Crippen molar-refractivity contribution < 1.29 is 41.8 Å². The number of amides is 4. The van der Waals surface area contributed by atoms with E-state index in [1.54, 1.807) is 52.1 Å². The summed E-state index contributed by atoms with van der Waals surface area (Å²) in [6, 6.07) is 15.3. The second-order valence-corrected chi connectivity index (χ2v) is 19.7. The van der Waals surface area contributed by atoms with Crippen molar-refractivity contribution in [2.75, 3.05) is 25.2 Å². The van der Waals surface area contributed by atoms with Crippen molar-refractivity contribution in [2.24, 2.45) is 11.7 Å². The average molecular weight is 820 g/mol. The molecule has 4 amide bonds. The molecule has 2 saturated carbocycles. The lowest BCUT2D eigenvalue weighted by molar-refractivity contribution is -0.153. The van der Waals surface area contributed by atoms with Crippen LogP contribution in [0.3, 0.4) is 0 Å². The molecule has 7 rings (SSSR count). The number of fused-ring (bicyclic) bond motifs is 3. The van der Waals surface area contributed by atoms with Crippen molar-refractivity contribution in [2.45, 2.75) is 92.7 Å². The number of pyridine rings is 1. The Balaban J connectivity index is 1.31. The molecule has 2 aliphatic carbocycles. The normalized spacial score (nSPS) is 27.5. The highest BCUT2D eigenvalue weighted by Crippen LogP contribution is 2.54. The van der Waals surface area contributed by atoms with Gasteiger partial charge in [0.2, 0.25) is 11.4 Å². The topological polar surface area (TPSA) is 196 Å². The second kappa shape index (κ2) is 15.5. The SMILES string of the molecule is COc1ccc2c(O[C@H]3CN4C(=O)[C@H](NC(=O)OC(C)(C)C)CSCCC/C=C\[C@@H]5C[C@]5(S(=O)(=O)C5CC5)NC(=O)[C@@]4(C(N)=O)C3)cc(-c3ccccc3)nc2c1. The minimum atomic E-state index is -3.89. The molecule has 2 aliphatic heterocycles. The van der Waals surface area contributed by atoms with Crippen LogP contribution in [0.5, 0.6) is 11.5 Å². The maximum absolute atomic E-state index is 14.9. The molecule has 0 radical (unpaired) electrons. The van der Waals surface area contributed by atoms with Crippen LogP contribution in [0.4, 0.5) is 4.79 Å². The summed E-state index contributed by atoms with van der Waals surface area (Å²) in [6.45, 7) is 4.78. The summed E-state index contributed by atoms with van der Waals surface area (Å²) in [4.78, 5) is 61.2. The van der Waals surface area contributed by atoms with Crippen molar-refractivity contribution in [3.05, 3.63) is 66.7 Å². The highest BCUT2D eigenvalue weighted by molar-refractivity contribution is 7.99. The van der Waals surface area contributed by atoms with E-state index < -0.39 is 79.4 Å². The lowest BCUT2D eigenvalue weighted by Gasteiger charge is -2.37. The third-order valence-corrected chi connectivity index (χ3v) is 14.9. The Morgan fingerprint density at radius 3 is 2.51 bits per heavy atom. The van der Waals surface area contributed by atoms with Crippen LogP contribution in [-0.2, 0) is 29.0 Å². The van der Waals surface area contributed by atoms with E-state index >= 15 is 0 Å². The maximum Gasteiger partial charge on any atom is 0.408 e. The van der Waals surface area contributed by atoms with Crippen LogP contribution < -0.4 is 25.8 Å². The molecule has 16 heteroatoms. The molecule has 3 aromatic rings.